The number of hydrogen-bond donors (Lipinski definition) is 4. The number of primary sulfonamides is 1. The number of benzene rings is 2. The highest BCUT2D eigenvalue weighted by Crippen LogP contribution is 2.26. The lowest BCUT2D eigenvalue weighted by atomic mass is 10.1. The van der Waals surface area contributed by atoms with Crippen LogP contribution in [0.5, 0.6) is 17.2 Å². The number of rotatable bonds is 10. The summed E-state index contributed by atoms with van der Waals surface area (Å²) in [4.78, 5) is -0.421. The first-order valence-electron chi connectivity index (χ1n) is 8.42. The number of nitrogens with one attached hydrogen (secondary N) is 1. The van der Waals surface area contributed by atoms with E-state index in [1.807, 2.05) is 31.2 Å². The maximum atomic E-state index is 11.4. The van der Waals surface area contributed by atoms with E-state index in [1.54, 1.807) is 0 Å². The Bertz CT molecular complexity index is 863. The zero-order chi connectivity index (χ0) is 19.9. The van der Waals surface area contributed by atoms with Crippen molar-refractivity contribution in [2.24, 2.45) is 5.14 Å². The van der Waals surface area contributed by atoms with Gasteiger partial charge in [-0.3, -0.25) is 0 Å². The number of nitrogens with two attached hydrogens (primary N) is 1. The zero-order valence-electron chi connectivity index (χ0n) is 15.4. The molecule has 2 aromatic carbocycles. The highest BCUT2D eigenvalue weighted by atomic mass is 35.5. The van der Waals surface area contributed by atoms with Crippen molar-refractivity contribution in [2.75, 3.05) is 26.3 Å². The van der Waals surface area contributed by atoms with Gasteiger partial charge in [-0.2, -0.15) is 0 Å². The van der Waals surface area contributed by atoms with Crippen LogP contribution in [-0.4, -0.2) is 44.9 Å². The maximum Gasteiger partial charge on any atom is 0.241 e. The molecule has 8 nitrogen and oxygen atoms in total. The van der Waals surface area contributed by atoms with Gasteiger partial charge in [-0.15, -0.1) is 12.4 Å². The molecule has 0 aromatic heterocycles. The van der Waals surface area contributed by atoms with Crippen LogP contribution >= 0.6 is 12.4 Å². The monoisotopic (exact) mass is 432 g/mol. The van der Waals surface area contributed by atoms with Gasteiger partial charge >= 0.3 is 0 Å². The minimum absolute atomic E-state index is 0. The summed E-state index contributed by atoms with van der Waals surface area (Å²) in [6.45, 7) is 3.42. The van der Waals surface area contributed by atoms with Crippen LogP contribution < -0.4 is 19.9 Å². The predicted octanol–water partition coefficient (Wildman–Crippen LogP) is 1.56. The third kappa shape index (κ3) is 6.84. The number of halogens is 1. The van der Waals surface area contributed by atoms with Crippen LogP contribution in [-0.2, 0) is 10.0 Å². The van der Waals surface area contributed by atoms with E-state index in [9.17, 15) is 18.6 Å². The van der Waals surface area contributed by atoms with E-state index in [1.165, 1.54) is 12.1 Å². The molecule has 2 aromatic rings. The van der Waals surface area contributed by atoms with Crippen molar-refractivity contribution in [3.63, 3.8) is 0 Å². The number of aromatic hydroxyl groups is 1. The van der Waals surface area contributed by atoms with Crippen molar-refractivity contribution in [2.45, 2.75) is 17.9 Å². The largest absolute Gasteiger partial charge is 0.507 e. The molecular formula is C18H25ClN2O6S. The number of ether oxygens (including phenoxy) is 2. The molecule has 28 heavy (non-hydrogen) atoms. The van der Waals surface area contributed by atoms with Gasteiger partial charge in [-0.25, -0.2) is 13.6 Å². The van der Waals surface area contributed by atoms with Gasteiger partial charge in [0, 0.05) is 13.1 Å². The van der Waals surface area contributed by atoms with Crippen LogP contribution in [0.2, 0.25) is 0 Å². The summed E-state index contributed by atoms with van der Waals surface area (Å²) in [7, 11) is -4.07. The molecule has 0 aliphatic rings. The van der Waals surface area contributed by atoms with Gasteiger partial charge in [-0.05, 0) is 36.8 Å². The molecule has 0 fully saturated rings. The lowest BCUT2D eigenvalue weighted by Gasteiger charge is -2.15. The van der Waals surface area contributed by atoms with E-state index in [0.29, 0.717) is 36.8 Å². The molecule has 1 atom stereocenters. The Hall–Kier alpha value is -2.04. The Morgan fingerprint density at radius 1 is 1.14 bits per heavy atom. The number of phenols is 1. The smallest absolute Gasteiger partial charge is 0.241 e. The average molecular weight is 433 g/mol. The molecule has 0 aliphatic heterocycles. The predicted molar refractivity (Wildman–Crippen MR) is 108 cm³/mol. The van der Waals surface area contributed by atoms with Crippen molar-refractivity contribution in [3.8, 4) is 17.2 Å². The van der Waals surface area contributed by atoms with Gasteiger partial charge in [0.2, 0.25) is 10.0 Å². The fourth-order valence-electron chi connectivity index (χ4n) is 2.40. The van der Waals surface area contributed by atoms with Crippen molar-refractivity contribution in [1.29, 1.82) is 0 Å². The van der Waals surface area contributed by atoms with Crippen molar-refractivity contribution >= 4 is 22.4 Å². The van der Waals surface area contributed by atoms with Crippen LogP contribution in [0.3, 0.4) is 0 Å². The molecule has 0 saturated heterocycles. The number of sulfonamides is 1. The minimum atomic E-state index is -4.07. The topological polar surface area (TPSA) is 131 Å². The molecule has 0 amide bonds. The van der Waals surface area contributed by atoms with Gasteiger partial charge in [0.05, 0.1) is 12.7 Å². The van der Waals surface area contributed by atoms with E-state index >= 15 is 0 Å². The average Bonchev–Trinajstić information content (AvgIpc) is 2.62. The molecule has 5 N–H and O–H groups in total. The Morgan fingerprint density at radius 2 is 1.79 bits per heavy atom. The summed E-state index contributed by atoms with van der Waals surface area (Å²) in [6.07, 6.45) is -0.971. The lowest BCUT2D eigenvalue weighted by molar-refractivity contribution is 0.171. The van der Waals surface area contributed by atoms with Crippen LogP contribution in [0.25, 0.3) is 0 Å². The first-order chi connectivity index (χ1) is 12.8. The third-order valence-corrected chi connectivity index (χ3v) is 4.64. The fraction of sp³-hybridized carbons (Fsp3) is 0.333. The molecule has 2 rings (SSSR count). The number of hydrogen-bond acceptors (Lipinski definition) is 7. The summed E-state index contributed by atoms with van der Waals surface area (Å²) >= 11 is 0. The van der Waals surface area contributed by atoms with E-state index in [4.69, 9.17) is 14.6 Å². The molecule has 0 aliphatic carbocycles. The van der Waals surface area contributed by atoms with Gasteiger partial charge < -0.3 is 25.0 Å². The Balaban J connectivity index is 0.00000392. The fourth-order valence-corrected chi connectivity index (χ4v) is 3.06. The quantitative estimate of drug-likeness (QED) is 0.419. The summed E-state index contributed by atoms with van der Waals surface area (Å²) in [5.74, 6) is 0.848. The van der Waals surface area contributed by atoms with Crippen molar-refractivity contribution < 1.29 is 28.1 Å². The van der Waals surface area contributed by atoms with Gasteiger partial charge in [-0.1, -0.05) is 18.2 Å². The first kappa shape index (κ1) is 24.0. The van der Waals surface area contributed by atoms with E-state index in [-0.39, 0.29) is 19.0 Å². The summed E-state index contributed by atoms with van der Waals surface area (Å²) in [5, 5.41) is 27.8. The second-order valence-electron chi connectivity index (χ2n) is 5.72. The summed E-state index contributed by atoms with van der Waals surface area (Å²) in [6, 6.07) is 11.1. The van der Waals surface area contributed by atoms with Crippen LogP contribution in [0.1, 0.15) is 18.6 Å². The van der Waals surface area contributed by atoms with Gasteiger partial charge in [0.1, 0.15) is 17.3 Å². The second-order valence-corrected chi connectivity index (χ2v) is 7.25. The molecular weight excluding hydrogens is 408 g/mol. The maximum absolute atomic E-state index is 11.4. The molecule has 0 spiro atoms. The highest BCUT2D eigenvalue weighted by Gasteiger charge is 2.17. The minimum Gasteiger partial charge on any atom is -0.507 e. The molecule has 156 valence electrons. The standard InChI is InChI=1S/C18H24N2O6S.ClH/c1-2-25-16-5-3-4-6-17(16)26-10-9-20-12-15(22)13-7-8-14(21)18(11-13)27(19,23)24;/h3-8,11,15,20-22H,2,9-10,12H2,1H3,(H2,19,23,24);1H. The Kier molecular flexibility index (Phi) is 9.50. The SMILES string of the molecule is CCOc1ccccc1OCCNCC(O)c1ccc(O)c(S(N)(=O)=O)c1.Cl. The highest BCUT2D eigenvalue weighted by molar-refractivity contribution is 7.89. The van der Waals surface area contributed by atoms with Crippen LogP contribution in [0.4, 0.5) is 0 Å². The molecule has 10 heteroatoms. The number of phenolic OH excluding ortho intramolecular Hbond substituents is 1. The molecule has 0 radical (unpaired) electrons. The Morgan fingerprint density at radius 3 is 2.39 bits per heavy atom. The van der Waals surface area contributed by atoms with Gasteiger partial charge in [0.25, 0.3) is 0 Å². The normalized spacial score (nSPS) is 12.1. The van der Waals surface area contributed by atoms with Crippen molar-refractivity contribution in [3.05, 3.63) is 48.0 Å². The zero-order valence-corrected chi connectivity index (χ0v) is 17.0. The lowest BCUT2D eigenvalue weighted by Crippen LogP contribution is -2.26. The molecule has 1 unspecified atom stereocenters. The van der Waals surface area contributed by atoms with Crippen LogP contribution in [0, 0.1) is 0 Å². The first-order valence-corrected chi connectivity index (χ1v) is 9.96. The summed E-state index contributed by atoms with van der Waals surface area (Å²) in [5.41, 5.74) is 0.326. The van der Waals surface area contributed by atoms with E-state index in [2.05, 4.69) is 5.32 Å². The molecule has 0 saturated carbocycles. The third-order valence-electron chi connectivity index (χ3n) is 3.70. The van der Waals surface area contributed by atoms with Crippen molar-refractivity contribution in [1.82, 2.24) is 5.32 Å². The van der Waals surface area contributed by atoms with Gasteiger partial charge in [0.15, 0.2) is 11.5 Å². The number of para-hydroxylation sites is 2. The number of aliphatic hydroxyl groups excluding tert-OH is 1. The van der Waals surface area contributed by atoms with E-state index in [0.717, 1.165) is 6.07 Å². The van der Waals surface area contributed by atoms with E-state index < -0.39 is 26.8 Å². The molecule has 0 bridgehead atoms. The second kappa shape index (κ2) is 11.1. The Labute approximate surface area is 170 Å². The number of aliphatic hydroxyl groups is 1. The summed E-state index contributed by atoms with van der Waals surface area (Å²) < 4.78 is 34.0. The van der Waals surface area contributed by atoms with Crippen LogP contribution in [0.15, 0.2) is 47.4 Å². The molecule has 0 heterocycles.